The summed E-state index contributed by atoms with van der Waals surface area (Å²) in [6.45, 7) is 0.669. The number of fused-ring (bicyclic) bond motifs is 1. The van der Waals surface area contributed by atoms with Crippen molar-refractivity contribution in [1.29, 1.82) is 5.26 Å². The molecule has 4 nitrogen and oxygen atoms in total. The largest absolute Gasteiger partial charge is 0.323 e. The molecular formula is C16H13ClN4. The van der Waals surface area contributed by atoms with E-state index in [9.17, 15) is 0 Å². The first-order valence-electron chi connectivity index (χ1n) is 6.66. The molecule has 104 valence electrons. The van der Waals surface area contributed by atoms with Crippen LogP contribution in [0.15, 0.2) is 42.7 Å². The van der Waals surface area contributed by atoms with Crippen molar-refractivity contribution in [1.82, 2.24) is 14.5 Å². The number of hydrogen-bond donors (Lipinski definition) is 0. The average molecular weight is 297 g/mol. The van der Waals surface area contributed by atoms with Crippen molar-refractivity contribution in [3.05, 3.63) is 59.7 Å². The van der Waals surface area contributed by atoms with Gasteiger partial charge in [0.15, 0.2) is 0 Å². The summed E-state index contributed by atoms with van der Waals surface area (Å²) in [7, 11) is 0. The maximum absolute atomic E-state index is 9.00. The quantitative estimate of drug-likeness (QED) is 0.695. The van der Waals surface area contributed by atoms with Gasteiger partial charge >= 0.3 is 0 Å². The first-order chi connectivity index (χ1) is 10.3. The number of imidazole rings is 1. The van der Waals surface area contributed by atoms with E-state index in [0.717, 1.165) is 22.4 Å². The van der Waals surface area contributed by atoms with Gasteiger partial charge in [-0.15, -0.1) is 11.6 Å². The van der Waals surface area contributed by atoms with Crippen molar-refractivity contribution < 1.29 is 0 Å². The highest BCUT2D eigenvalue weighted by Gasteiger charge is 2.10. The van der Waals surface area contributed by atoms with E-state index in [1.165, 1.54) is 0 Å². The van der Waals surface area contributed by atoms with Crippen molar-refractivity contribution in [3.8, 4) is 6.07 Å². The number of halogens is 1. The van der Waals surface area contributed by atoms with E-state index >= 15 is 0 Å². The molecule has 0 aliphatic rings. The first-order valence-corrected chi connectivity index (χ1v) is 7.19. The Morgan fingerprint density at radius 1 is 1.29 bits per heavy atom. The minimum atomic E-state index is 0.523. The van der Waals surface area contributed by atoms with Crippen LogP contribution in [0, 0.1) is 11.3 Å². The third-order valence-electron chi connectivity index (χ3n) is 3.34. The van der Waals surface area contributed by atoms with Gasteiger partial charge in [0.05, 0.1) is 23.3 Å². The maximum Gasteiger partial charge on any atom is 0.111 e. The molecule has 0 radical (unpaired) electrons. The van der Waals surface area contributed by atoms with E-state index in [-0.39, 0.29) is 0 Å². The fourth-order valence-electron chi connectivity index (χ4n) is 2.41. The molecule has 0 bridgehead atoms. The van der Waals surface area contributed by atoms with Crippen LogP contribution in [0.4, 0.5) is 0 Å². The van der Waals surface area contributed by atoms with Gasteiger partial charge in [-0.2, -0.15) is 5.26 Å². The van der Waals surface area contributed by atoms with Crippen LogP contribution in [0.3, 0.4) is 0 Å². The molecule has 5 heteroatoms. The van der Waals surface area contributed by atoms with E-state index in [0.29, 0.717) is 24.4 Å². The molecule has 1 aromatic carbocycles. The van der Waals surface area contributed by atoms with Crippen LogP contribution in [0.2, 0.25) is 0 Å². The predicted molar refractivity (Wildman–Crippen MR) is 82.2 cm³/mol. The van der Waals surface area contributed by atoms with Gasteiger partial charge in [0.1, 0.15) is 11.3 Å². The molecule has 0 amide bonds. The van der Waals surface area contributed by atoms with Crippen LogP contribution in [-0.2, 0) is 13.0 Å². The fraction of sp³-hybridized carbons (Fsp3) is 0.188. The molecule has 21 heavy (non-hydrogen) atoms. The number of hydrogen-bond acceptors (Lipinski definition) is 3. The second-order valence-electron chi connectivity index (χ2n) is 4.73. The molecular weight excluding hydrogens is 284 g/mol. The van der Waals surface area contributed by atoms with E-state index in [4.69, 9.17) is 16.9 Å². The zero-order valence-electron chi connectivity index (χ0n) is 11.3. The normalized spacial score (nSPS) is 10.7. The number of benzene rings is 1. The van der Waals surface area contributed by atoms with Crippen molar-refractivity contribution in [2.24, 2.45) is 0 Å². The van der Waals surface area contributed by atoms with E-state index in [1.807, 2.05) is 24.3 Å². The molecule has 3 aromatic rings. The molecule has 0 fully saturated rings. The summed E-state index contributed by atoms with van der Waals surface area (Å²) in [5.74, 6) is 1.46. The van der Waals surface area contributed by atoms with Gasteiger partial charge in [-0.05, 0) is 23.8 Å². The Morgan fingerprint density at radius 2 is 2.19 bits per heavy atom. The Kier molecular flexibility index (Phi) is 3.85. The van der Waals surface area contributed by atoms with Crippen LogP contribution < -0.4 is 0 Å². The second kappa shape index (κ2) is 5.94. The SMILES string of the molecule is N#Cc1cccc(Cn2c(CCCl)nc3cnccc32)c1. The standard InChI is InChI=1S/C16H13ClN4/c17-6-4-16-20-14-10-19-7-5-15(14)21(16)11-13-3-1-2-12(8-13)9-18/h1-3,5,7-8,10H,4,6,11H2. The van der Waals surface area contributed by atoms with E-state index in [2.05, 4.69) is 20.6 Å². The number of pyridine rings is 1. The molecule has 2 heterocycles. The number of aromatic nitrogens is 3. The van der Waals surface area contributed by atoms with E-state index in [1.54, 1.807) is 18.5 Å². The van der Waals surface area contributed by atoms with Crippen LogP contribution in [0.5, 0.6) is 0 Å². The van der Waals surface area contributed by atoms with Crippen molar-refractivity contribution >= 4 is 22.6 Å². The lowest BCUT2D eigenvalue weighted by Gasteiger charge is -2.09. The summed E-state index contributed by atoms with van der Waals surface area (Å²) in [5.41, 5.74) is 3.64. The molecule has 0 unspecified atom stereocenters. The minimum absolute atomic E-state index is 0.523. The van der Waals surface area contributed by atoms with Gasteiger partial charge in [0.25, 0.3) is 0 Å². The number of rotatable bonds is 4. The van der Waals surface area contributed by atoms with Gasteiger partial charge in [0, 0.05) is 25.0 Å². The highest BCUT2D eigenvalue weighted by molar-refractivity contribution is 6.17. The predicted octanol–water partition coefficient (Wildman–Crippen LogP) is 3.13. The molecule has 0 saturated heterocycles. The summed E-state index contributed by atoms with van der Waals surface area (Å²) in [6, 6.07) is 11.7. The average Bonchev–Trinajstić information content (AvgIpc) is 2.86. The molecule has 0 atom stereocenters. The van der Waals surface area contributed by atoms with Crippen molar-refractivity contribution in [2.45, 2.75) is 13.0 Å². The highest BCUT2D eigenvalue weighted by atomic mass is 35.5. The number of aryl methyl sites for hydroxylation is 1. The zero-order valence-corrected chi connectivity index (χ0v) is 12.1. The Labute approximate surface area is 127 Å². The molecule has 3 rings (SSSR count). The summed E-state index contributed by atoms with van der Waals surface area (Å²) in [5, 5.41) is 9.00. The highest BCUT2D eigenvalue weighted by Crippen LogP contribution is 2.18. The lowest BCUT2D eigenvalue weighted by Crippen LogP contribution is -2.06. The third-order valence-corrected chi connectivity index (χ3v) is 3.53. The van der Waals surface area contributed by atoms with Crippen LogP contribution in [0.25, 0.3) is 11.0 Å². The minimum Gasteiger partial charge on any atom is -0.323 e. The van der Waals surface area contributed by atoms with Crippen molar-refractivity contribution in [3.63, 3.8) is 0 Å². The van der Waals surface area contributed by atoms with E-state index < -0.39 is 0 Å². The Balaban J connectivity index is 2.06. The summed E-state index contributed by atoms with van der Waals surface area (Å²) in [4.78, 5) is 8.70. The lowest BCUT2D eigenvalue weighted by molar-refractivity contribution is 0.754. The van der Waals surface area contributed by atoms with Crippen molar-refractivity contribution in [2.75, 3.05) is 5.88 Å². The molecule has 0 aliphatic carbocycles. The summed E-state index contributed by atoms with van der Waals surface area (Å²) in [6.07, 6.45) is 4.22. The topological polar surface area (TPSA) is 54.5 Å². The second-order valence-corrected chi connectivity index (χ2v) is 5.11. The fourth-order valence-corrected chi connectivity index (χ4v) is 2.57. The lowest BCUT2D eigenvalue weighted by atomic mass is 10.1. The van der Waals surface area contributed by atoms with Gasteiger partial charge in [-0.1, -0.05) is 12.1 Å². The molecule has 0 N–H and O–H groups in total. The molecule has 0 spiro atoms. The summed E-state index contributed by atoms with van der Waals surface area (Å²) >= 11 is 5.87. The number of nitrogens with zero attached hydrogens (tertiary/aromatic N) is 4. The number of alkyl halides is 1. The molecule has 2 aromatic heterocycles. The monoisotopic (exact) mass is 296 g/mol. The smallest absolute Gasteiger partial charge is 0.111 e. The van der Waals surface area contributed by atoms with Gasteiger partial charge < -0.3 is 4.57 Å². The maximum atomic E-state index is 9.00. The van der Waals surface area contributed by atoms with Crippen LogP contribution in [0.1, 0.15) is 17.0 Å². The van der Waals surface area contributed by atoms with Crippen LogP contribution >= 0.6 is 11.6 Å². The molecule has 0 aliphatic heterocycles. The summed E-state index contributed by atoms with van der Waals surface area (Å²) < 4.78 is 2.13. The zero-order chi connectivity index (χ0) is 14.7. The third kappa shape index (κ3) is 2.74. The first kappa shape index (κ1) is 13.6. The van der Waals surface area contributed by atoms with Gasteiger partial charge in [0.2, 0.25) is 0 Å². The van der Waals surface area contributed by atoms with Gasteiger partial charge in [-0.3, -0.25) is 4.98 Å². The van der Waals surface area contributed by atoms with Crippen LogP contribution in [-0.4, -0.2) is 20.4 Å². The Bertz CT molecular complexity index is 817. The number of nitriles is 1. The Hall–Kier alpha value is -2.38. The van der Waals surface area contributed by atoms with Gasteiger partial charge in [-0.25, -0.2) is 4.98 Å². The Morgan fingerprint density at radius 3 is 3.00 bits per heavy atom. The molecule has 0 saturated carbocycles.